The molecule has 34 heavy (non-hydrogen) atoms. The maximum atomic E-state index is 12.3. The first-order valence-corrected chi connectivity index (χ1v) is 11.6. The van der Waals surface area contributed by atoms with E-state index in [-0.39, 0.29) is 12.4 Å². The van der Waals surface area contributed by atoms with Crippen LogP contribution in [0.3, 0.4) is 0 Å². The molecule has 0 saturated carbocycles. The van der Waals surface area contributed by atoms with Crippen molar-refractivity contribution in [3.05, 3.63) is 70.3 Å². The van der Waals surface area contributed by atoms with Crippen molar-refractivity contribution in [3.63, 3.8) is 0 Å². The highest BCUT2D eigenvalue weighted by Gasteiger charge is 2.18. The summed E-state index contributed by atoms with van der Waals surface area (Å²) in [7, 11) is 0. The van der Waals surface area contributed by atoms with Crippen LogP contribution in [-0.4, -0.2) is 36.7 Å². The smallest absolute Gasteiger partial charge is 0.290 e. The van der Waals surface area contributed by atoms with Crippen molar-refractivity contribution in [1.82, 2.24) is 30.0 Å². The molecule has 1 aliphatic rings. The van der Waals surface area contributed by atoms with Gasteiger partial charge in [-0.1, -0.05) is 48.1 Å². The fourth-order valence-electron chi connectivity index (χ4n) is 3.63. The molecule has 11 heteroatoms. The molecule has 4 heterocycles. The van der Waals surface area contributed by atoms with Gasteiger partial charge in [0, 0.05) is 11.1 Å². The van der Waals surface area contributed by atoms with Crippen molar-refractivity contribution in [1.29, 1.82) is 0 Å². The monoisotopic (exact) mass is 474 g/mol. The number of hydrogen-bond acceptors (Lipinski definition) is 9. The summed E-state index contributed by atoms with van der Waals surface area (Å²) in [5, 5.41) is 15.9. The molecule has 6 rings (SSSR count). The average molecular weight is 475 g/mol. The number of nitrogens with zero attached hydrogens (tertiary/aromatic N) is 5. The van der Waals surface area contributed by atoms with E-state index in [2.05, 4.69) is 44.5 Å². The Kier molecular flexibility index (Phi) is 5.02. The number of rotatable bonds is 6. The van der Waals surface area contributed by atoms with E-state index in [9.17, 15) is 4.79 Å². The maximum absolute atomic E-state index is 12.3. The molecule has 0 fully saturated rings. The molecule has 0 bridgehead atoms. The number of H-pyrrole nitrogens is 1. The number of aromatic amines is 1. The Labute approximate surface area is 196 Å². The number of hydrogen-bond donors (Lipinski definition) is 1. The Balaban J connectivity index is 1.24. The molecule has 0 saturated heterocycles. The number of thioether (sulfide) groups is 1. The summed E-state index contributed by atoms with van der Waals surface area (Å²) in [4.78, 5) is 16.8. The van der Waals surface area contributed by atoms with Crippen molar-refractivity contribution in [2.45, 2.75) is 24.3 Å². The Bertz CT molecular complexity index is 1560. The van der Waals surface area contributed by atoms with E-state index in [1.807, 2.05) is 30.3 Å². The van der Waals surface area contributed by atoms with E-state index in [0.29, 0.717) is 45.3 Å². The van der Waals surface area contributed by atoms with E-state index in [4.69, 9.17) is 14.0 Å². The molecule has 1 aliphatic heterocycles. The number of aryl methyl sites for hydroxylation is 1. The van der Waals surface area contributed by atoms with Gasteiger partial charge in [-0.3, -0.25) is 4.79 Å². The molecule has 3 aromatic heterocycles. The van der Waals surface area contributed by atoms with Gasteiger partial charge in [0.2, 0.25) is 23.7 Å². The van der Waals surface area contributed by atoms with E-state index in [1.165, 1.54) is 17.3 Å². The number of ether oxygens (including phenoxy) is 2. The third-order valence-corrected chi connectivity index (χ3v) is 6.37. The third-order valence-electron chi connectivity index (χ3n) is 5.46. The largest absolute Gasteiger partial charge is 0.454 e. The van der Waals surface area contributed by atoms with Crippen LogP contribution in [0.15, 0.2) is 63.0 Å². The number of aromatic nitrogens is 6. The molecule has 2 aromatic carbocycles. The molecule has 0 aliphatic carbocycles. The minimum absolute atomic E-state index is 0.201. The number of benzene rings is 2. The Morgan fingerprint density at radius 1 is 1.06 bits per heavy atom. The Hall–Kier alpha value is -4.12. The second-order valence-electron chi connectivity index (χ2n) is 7.58. The van der Waals surface area contributed by atoms with Crippen LogP contribution in [-0.2, 0) is 12.2 Å². The van der Waals surface area contributed by atoms with Crippen LogP contribution >= 0.6 is 11.8 Å². The van der Waals surface area contributed by atoms with Gasteiger partial charge in [-0.25, -0.2) is 9.61 Å². The highest BCUT2D eigenvalue weighted by atomic mass is 32.2. The number of fused-ring (bicyclic) bond motifs is 2. The topological polar surface area (TPSA) is 120 Å². The van der Waals surface area contributed by atoms with Gasteiger partial charge in [0.05, 0.1) is 11.4 Å². The van der Waals surface area contributed by atoms with Gasteiger partial charge in [-0.15, -0.1) is 5.10 Å². The molecular formula is C23H18N6O4S. The standard InChI is InChI=1S/C23H18N6O4S/c1-2-13-3-5-14(6-4-13)16-10-17-22(30)25-26-23(29(17)27-16)34-11-20-24-21(28-33-20)15-7-8-18-19(9-15)32-12-31-18/h3-10H,2,11-12H2,1H3,(H,25,30). The van der Waals surface area contributed by atoms with Crippen LogP contribution in [0.4, 0.5) is 0 Å². The fourth-order valence-corrected chi connectivity index (χ4v) is 4.37. The summed E-state index contributed by atoms with van der Waals surface area (Å²) in [6, 6.07) is 15.4. The first-order chi connectivity index (χ1) is 16.7. The lowest BCUT2D eigenvalue weighted by Gasteiger charge is -2.01. The fraction of sp³-hybridized carbons (Fsp3) is 0.174. The zero-order valence-electron chi connectivity index (χ0n) is 18.0. The molecule has 5 aromatic rings. The van der Waals surface area contributed by atoms with Gasteiger partial charge in [0.15, 0.2) is 11.5 Å². The van der Waals surface area contributed by atoms with Crippen LogP contribution in [0.25, 0.3) is 28.2 Å². The summed E-state index contributed by atoms with van der Waals surface area (Å²) in [6.07, 6.45) is 0.960. The van der Waals surface area contributed by atoms with Crippen LogP contribution in [0.2, 0.25) is 0 Å². The highest BCUT2D eigenvalue weighted by molar-refractivity contribution is 7.98. The molecule has 0 unspecified atom stereocenters. The maximum Gasteiger partial charge on any atom is 0.290 e. The minimum atomic E-state index is -0.309. The molecule has 10 nitrogen and oxygen atoms in total. The zero-order chi connectivity index (χ0) is 23.1. The van der Waals surface area contributed by atoms with Gasteiger partial charge in [0.1, 0.15) is 5.52 Å². The molecule has 0 radical (unpaired) electrons. The molecule has 0 spiro atoms. The van der Waals surface area contributed by atoms with Gasteiger partial charge in [0.25, 0.3) is 5.56 Å². The van der Waals surface area contributed by atoms with Crippen molar-refractivity contribution in [2.75, 3.05) is 6.79 Å². The predicted molar refractivity (Wildman–Crippen MR) is 124 cm³/mol. The second-order valence-corrected chi connectivity index (χ2v) is 8.52. The summed E-state index contributed by atoms with van der Waals surface area (Å²) in [5.41, 5.74) is 3.74. The van der Waals surface area contributed by atoms with E-state index < -0.39 is 0 Å². The second kappa shape index (κ2) is 8.34. The first kappa shape index (κ1) is 20.5. The van der Waals surface area contributed by atoms with E-state index in [1.54, 1.807) is 10.6 Å². The predicted octanol–water partition coefficient (Wildman–Crippen LogP) is 3.72. The van der Waals surface area contributed by atoms with Crippen molar-refractivity contribution in [3.8, 4) is 34.1 Å². The van der Waals surface area contributed by atoms with Crippen LogP contribution in [0.1, 0.15) is 18.4 Å². The van der Waals surface area contributed by atoms with E-state index >= 15 is 0 Å². The van der Waals surface area contributed by atoms with E-state index in [0.717, 1.165) is 17.5 Å². The summed E-state index contributed by atoms with van der Waals surface area (Å²) >= 11 is 1.33. The Morgan fingerprint density at radius 3 is 2.74 bits per heavy atom. The van der Waals surface area contributed by atoms with Gasteiger partial charge in [-0.2, -0.15) is 10.1 Å². The lowest BCUT2D eigenvalue weighted by atomic mass is 10.1. The SMILES string of the molecule is CCc1ccc(-c2cc3c(=O)[nH]nc(SCc4nc(-c5ccc6c(c5)OCO6)no4)n3n2)cc1. The summed E-state index contributed by atoms with van der Waals surface area (Å²) in [6.45, 7) is 2.31. The zero-order valence-corrected chi connectivity index (χ0v) is 18.8. The first-order valence-electron chi connectivity index (χ1n) is 10.6. The summed E-state index contributed by atoms with van der Waals surface area (Å²) < 4.78 is 17.7. The lowest BCUT2D eigenvalue weighted by molar-refractivity contribution is 0.174. The normalized spacial score (nSPS) is 12.5. The van der Waals surface area contributed by atoms with Gasteiger partial charge in [-0.05, 0) is 36.2 Å². The van der Waals surface area contributed by atoms with Gasteiger partial charge >= 0.3 is 0 Å². The Morgan fingerprint density at radius 2 is 1.88 bits per heavy atom. The summed E-state index contributed by atoms with van der Waals surface area (Å²) in [5.74, 6) is 2.56. The number of nitrogens with one attached hydrogen (secondary N) is 1. The van der Waals surface area contributed by atoms with Crippen molar-refractivity contribution in [2.24, 2.45) is 0 Å². The molecule has 0 atom stereocenters. The molecular weight excluding hydrogens is 456 g/mol. The van der Waals surface area contributed by atoms with Crippen LogP contribution < -0.4 is 15.0 Å². The minimum Gasteiger partial charge on any atom is -0.454 e. The van der Waals surface area contributed by atoms with Crippen LogP contribution in [0, 0.1) is 0 Å². The highest BCUT2D eigenvalue weighted by Crippen LogP contribution is 2.35. The quantitative estimate of drug-likeness (QED) is 0.367. The average Bonchev–Trinajstić information content (AvgIpc) is 3.63. The van der Waals surface area contributed by atoms with Gasteiger partial charge < -0.3 is 14.0 Å². The molecule has 0 amide bonds. The lowest BCUT2D eigenvalue weighted by Crippen LogP contribution is -2.13. The van der Waals surface area contributed by atoms with Crippen molar-refractivity contribution >= 4 is 17.3 Å². The van der Waals surface area contributed by atoms with Crippen molar-refractivity contribution < 1.29 is 14.0 Å². The molecule has 1 N–H and O–H groups in total. The van der Waals surface area contributed by atoms with Crippen LogP contribution in [0.5, 0.6) is 11.5 Å². The molecule has 170 valence electrons. The third kappa shape index (κ3) is 3.69.